The summed E-state index contributed by atoms with van der Waals surface area (Å²) in [5.41, 5.74) is 1.35. The average molecular weight is 292 g/mol. The second-order valence-corrected chi connectivity index (χ2v) is 5.36. The Balaban J connectivity index is 2.24. The molecule has 2 atom stereocenters. The van der Waals surface area contributed by atoms with Crippen molar-refractivity contribution < 1.29 is 9.84 Å². The topological polar surface area (TPSA) is 73.1 Å². The third kappa shape index (κ3) is 3.50. The maximum atomic E-state index is 10.1. The third-order valence-corrected chi connectivity index (χ3v) is 3.79. The van der Waals surface area contributed by atoms with Crippen molar-refractivity contribution >= 4 is 11.2 Å². The summed E-state index contributed by atoms with van der Waals surface area (Å²) in [6.07, 6.45) is 8.36. The Kier molecular flexibility index (Phi) is 5.50. The van der Waals surface area contributed by atoms with Gasteiger partial charge in [0.15, 0.2) is 11.2 Å². The summed E-state index contributed by atoms with van der Waals surface area (Å²) in [4.78, 5) is 12.7. The van der Waals surface area contributed by atoms with Gasteiger partial charge in [0.05, 0.1) is 25.6 Å². The van der Waals surface area contributed by atoms with Crippen LogP contribution in [-0.4, -0.2) is 37.8 Å². The first-order valence-corrected chi connectivity index (χ1v) is 7.58. The largest absolute Gasteiger partial charge is 0.479 e. The van der Waals surface area contributed by atoms with Crippen molar-refractivity contribution in [3.05, 3.63) is 12.7 Å². The molecule has 2 heterocycles. The lowest BCUT2D eigenvalue weighted by Gasteiger charge is -2.21. The molecule has 0 fully saturated rings. The van der Waals surface area contributed by atoms with Gasteiger partial charge in [-0.05, 0) is 13.3 Å². The molecule has 0 spiro atoms. The smallest absolute Gasteiger partial charge is 0.245 e. The molecule has 2 rings (SSSR count). The van der Waals surface area contributed by atoms with E-state index < -0.39 is 6.10 Å². The van der Waals surface area contributed by atoms with Crippen LogP contribution in [0, 0.1) is 0 Å². The van der Waals surface area contributed by atoms with Gasteiger partial charge in [0.1, 0.15) is 6.33 Å². The normalized spacial score (nSPS) is 14.3. The molecule has 116 valence electrons. The minimum absolute atomic E-state index is 0.0218. The predicted octanol–water partition coefficient (Wildman–Crippen LogP) is 2.73. The first-order valence-electron chi connectivity index (χ1n) is 7.58. The molecule has 2 aromatic heterocycles. The van der Waals surface area contributed by atoms with Crippen LogP contribution in [0.1, 0.15) is 52.0 Å². The summed E-state index contributed by atoms with van der Waals surface area (Å²) in [6.45, 7) is 4.01. The van der Waals surface area contributed by atoms with Gasteiger partial charge in [-0.1, -0.05) is 32.6 Å². The molecule has 6 nitrogen and oxygen atoms in total. The van der Waals surface area contributed by atoms with Crippen LogP contribution in [0.5, 0.6) is 5.88 Å². The summed E-state index contributed by atoms with van der Waals surface area (Å²) < 4.78 is 7.15. The molecule has 0 aliphatic carbocycles. The average Bonchev–Trinajstić information content (AvgIpc) is 2.90. The van der Waals surface area contributed by atoms with Gasteiger partial charge in [-0.3, -0.25) is 0 Å². The fourth-order valence-corrected chi connectivity index (χ4v) is 2.62. The number of fused-ring (bicyclic) bond motifs is 1. The van der Waals surface area contributed by atoms with Crippen molar-refractivity contribution in [1.29, 1.82) is 0 Å². The number of methoxy groups -OCH3 is 1. The number of aromatic nitrogens is 4. The third-order valence-electron chi connectivity index (χ3n) is 3.79. The monoisotopic (exact) mass is 292 g/mol. The van der Waals surface area contributed by atoms with Gasteiger partial charge in [0, 0.05) is 0 Å². The lowest BCUT2D eigenvalue weighted by molar-refractivity contribution is 0.124. The van der Waals surface area contributed by atoms with Crippen LogP contribution in [-0.2, 0) is 0 Å². The zero-order chi connectivity index (χ0) is 15.2. The van der Waals surface area contributed by atoms with Crippen molar-refractivity contribution in [2.75, 3.05) is 7.11 Å². The van der Waals surface area contributed by atoms with Gasteiger partial charge in [-0.25, -0.2) is 9.97 Å². The number of nitrogens with zero attached hydrogens (tertiary/aromatic N) is 4. The Morgan fingerprint density at radius 2 is 2.05 bits per heavy atom. The molecule has 0 unspecified atom stereocenters. The minimum atomic E-state index is -0.454. The quantitative estimate of drug-likeness (QED) is 0.757. The van der Waals surface area contributed by atoms with Crippen molar-refractivity contribution in [1.82, 2.24) is 19.5 Å². The van der Waals surface area contributed by atoms with E-state index in [1.165, 1.54) is 25.6 Å². The van der Waals surface area contributed by atoms with E-state index in [0.29, 0.717) is 17.0 Å². The standard InChI is InChI=1S/C15H24N4O2/c1-4-5-6-7-8-12(11(2)20)19-10-18-13-14(19)16-9-17-15(13)21-3/h9-12,20H,4-8H2,1-3H3/t11-,12+/m1/s1. The Morgan fingerprint density at radius 3 is 2.71 bits per heavy atom. The lowest BCUT2D eigenvalue weighted by Crippen LogP contribution is -2.21. The maximum absolute atomic E-state index is 10.1. The number of ether oxygens (including phenoxy) is 1. The van der Waals surface area contributed by atoms with E-state index in [9.17, 15) is 5.11 Å². The highest BCUT2D eigenvalue weighted by atomic mass is 16.5. The minimum Gasteiger partial charge on any atom is -0.479 e. The second-order valence-electron chi connectivity index (χ2n) is 5.36. The highest BCUT2D eigenvalue weighted by Gasteiger charge is 2.21. The first-order chi connectivity index (χ1) is 10.2. The summed E-state index contributed by atoms with van der Waals surface area (Å²) in [5.74, 6) is 0.467. The van der Waals surface area contributed by atoms with E-state index in [0.717, 1.165) is 12.8 Å². The Bertz CT molecular complexity index is 568. The molecular weight excluding hydrogens is 268 g/mol. The molecular formula is C15H24N4O2. The molecule has 0 radical (unpaired) electrons. The van der Waals surface area contributed by atoms with Crippen LogP contribution in [0.2, 0.25) is 0 Å². The van der Waals surface area contributed by atoms with E-state index in [4.69, 9.17) is 4.74 Å². The van der Waals surface area contributed by atoms with Crippen LogP contribution in [0.4, 0.5) is 0 Å². The van der Waals surface area contributed by atoms with Crippen LogP contribution in [0.3, 0.4) is 0 Å². The van der Waals surface area contributed by atoms with Gasteiger partial charge in [0.25, 0.3) is 0 Å². The molecule has 0 saturated carbocycles. The number of hydrogen-bond donors (Lipinski definition) is 1. The number of aliphatic hydroxyl groups excluding tert-OH is 1. The van der Waals surface area contributed by atoms with Crippen LogP contribution >= 0.6 is 0 Å². The van der Waals surface area contributed by atoms with E-state index >= 15 is 0 Å². The fraction of sp³-hybridized carbons (Fsp3) is 0.667. The van der Waals surface area contributed by atoms with Crippen LogP contribution in [0.15, 0.2) is 12.7 Å². The highest BCUT2D eigenvalue weighted by molar-refractivity contribution is 5.76. The number of unbranched alkanes of at least 4 members (excludes halogenated alkanes) is 3. The van der Waals surface area contributed by atoms with E-state index in [1.54, 1.807) is 13.4 Å². The van der Waals surface area contributed by atoms with Crippen LogP contribution < -0.4 is 4.74 Å². The zero-order valence-corrected chi connectivity index (χ0v) is 13.0. The summed E-state index contributed by atoms with van der Waals surface area (Å²) in [6, 6.07) is -0.0218. The van der Waals surface area contributed by atoms with E-state index in [1.807, 2.05) is 11.5 Å². The maximum Gasteiger partial charge on any atom is 0.245 e. The van der Waals surface area contributed by atoms with E-state index in [-0.39, 0.29) is 6.04 Å². The fourth-order valence-electron chi connectivity index (χ4n) is 2.62. The van der Waals surface area contributed by atoms with Gasteiger partial charge in [0.2, 0.25) is 5.88 Å². The highest BCUT2D eigenvalue weighted by Crippen LogP contribution is 2.26. The molecule has 0 bridgehead atoms. The number of aliphatic hydroxyl groups is 1. The predicted molar refractivity (Wildman–Crippen MR) is 81.4 cm³/mol. The van der Waals surface area contributed by atoms with Gasteiger partial charge < -0.3 is 14.4 Å². The summed E-state index contributed by atoms with van der Waals surface area (Å²) in [5, 5.41) is 10.1. The molecule has 0 aliphatic heterocycles. The van der Waals surface area contributed by atoms with E-state index in [2.05, 4.69) is 21.9 Å². The summed E-state index contributed by atoms with van der Waals surface area (Å²) in [7, 11) is 1.57. The van der Waals surface area contributed by atoms with Crippen LogP contribution in [0.25, 0.3) is 11.2 Å². The Morgan fingerprint density at radius 1 is 1.24 bits per heavy atom. The van der Waals surface area contributed by atoms with Crippen molar-refractivity contribution in [3.63, 3.8) is 0 Å². The molecule has 6 heteroatoms. The zero-order valence-electron chi connectivity index (χ0n) is 13.0. The van der Waals surface area contributed by atoms with Gasteiger partial charge in [-0.15, -0.1) is 0 Å². The SMILES string of the molecule is CCCCCC[C@@H]([C@@H](C)O)n1cnc2c(OC)ncnc21. The number of rotatable bonds is 8. The second kappa shape index (κ2) is 7.36. The van der Waals surface area contributed by atoms with Gasteiger partial charge in [-0.2, -0.15) is 4.98 Å². The molecule has 1 N–H and O–H groups in total. The molecule has 0 aromatic carbocycles. The van der Waals surface area contributed by atoms with Gasteiger partial charge >= 0.3 is 0 Å². The summed E-state index contributed by atoms with van der Waals surface area (Å²) >= 11 is 0. The van der Waals surface area contributed by atoms with Crippen molar-refractivity contribution in [2.45, 2.75) is 58.1 Å². The Hall–Kier alpha value is -1.69. The number of imidazole rings is 1. The molecule has 2 aromatic rings. The lowest BCUT2D eigenvalue weighted by atomic mass is 10.0. The number of hydrogen-bond acceptors (Lipinski definition) is 5. The molecule has 21 heavy (non-hydrogen) atoms. The first kappa shape index (κ1) is 15.7. The molecule has 0 aliphatic rings. The molecule has 0 amide bonds. The Labute approximate surface area is 125 Å². The van der Waals surface area contributed by atoms with Crippen molar-refractivity contribution in [2.24, 2.45) is 0 Å². The molecule has 0 saturated heterocycles. The van der Waals surface area contributed by atoms with Crippen molar-refractivity contribution in [3.8, 4) is 5.88 Å².